The second-order valence-corrected chi connectivity index (χ2v) is 1.82. The van der Waals surface area contributed by atoms with Crippen LogP contribution in [-0.2, 0) is 0 Å². The van der Waals surface area contributed by atoms with Gasteiger partial charge in [0.15, 0.2) is 0 Å². The van der Waals surface area contributed by atoms with Crippen molar-refractivity contribution in [3.05, 3.63) is 0 Å². The van der Waals surface area contributed by atoms with Gasteiger partial charge in [-0.15, -0.1) is 9.24 Å². The molecular weight excluding hydrogens is 69.0 g/mol. The van der Waals surface area contributed by atoms with E-state index in [1.165, 1.54) is 6.54 Å². The van der Waals surface area contributed by atoms with Crippen molar-refractivity contribution < 1.29 is 0 Å². The van der Waals surface area contributed by atoms with Crippen molar-refractivity contribution in [3.63, 3.8) is 0 Å². The number of rotatable bonds is 0. The molecule has 0 aromatic rings. The molecule has 0 amide bonds. The standard InChI is InChI=1S/C2H6NP/c4-2-1-3-2/h2-3H,1,4H2. The van der Waals surface area contributed by atoms with Gasteiger partial charge in [-0.05, 0) is 0 Å². The second kappa shape index (κ2) is 0.667. The van der Waals surface area contributed by atoms with E-state index < -0.39 is 0 Å². The van der Waals surface area contributed by atoms with Crippen molar-refractivity contribution >= 4 is 9.24 Å². The van der Waals surface area contributed by atoms with Crippen molar-refractivity contribution in [2.75, 3.05) is 6.54 Å². The molecule has 1 nitrogen and oxygen atoms in total. The van der Waals surface area contributed by atoms with Crippen LogP contribution in [0, 0.1) is 0 Å². The zero-order chi connectivity index (χ0) is 2.99. The Hall–Kier alpha value is 0.390. The fourth-order valence-corrected chi connectivity index (χ4v) is 0.204. The van der Waals surface area contributed by atoms with Gasteiger partial charge in [-0.3, -0.25) is 0 Å². The Morgan fingerprint density at radius 1 is 2.00 bits per heavy atom. The Labute approximate surface area is 28.0 Å². The van der Waals surface area contributed by atoms with Crippen molar-refractivity contribution in [1.82, 2.24) is 5.32 Å². The number of hydrogen-bond acceptors (Lipinski definition) is 1. The normalized spacial score (nSPS) is 39.8. The highest BCUT2D eigenvalue weighted by atomic mass is 31.0. The highest BCUT2D eigenvalue weighted by molar-refractivity contribution is 7.18. The van der Waals surface area contributed by atoms with E-state index in [4.69, 9.17) is 0 Å². The second-order valence-electron chi connectivity index (χ2n) is 1.01. The van der Waals surface area contributed by atoms with Gasteiger partial charge in [0.2, 0.25) is 0 Å². The summed E-state index contributed by atoms with van der Waals surface area (Å²) in [6, 6.07) is 0. The lowest BCUT2D eigenvalue weighted by molar-refractivity contribution is 1.31. The largest absolute Gasteiger partial charge is 0.308 e. The maximum Gasteiger partial charge on any atom is 0.0337 e. The van der Waals surface area contributed by atoms with Crippen LogP contribution in [0.1, 0.15) is 0 Å². The third-order valence-corrected chi connectivity index (χ3v) is 0.911. The molecule has 0 saturated carbocycles. The SMILES string of the molecule is PC1CN1. The molecule has 1 fully saturated rings. The van der Waals surface area contributed by atoms with Gasteiger partial charge in [0.25, 0.3) is 0 Å². The van der Waals surface area contributed by atoms with Crippen LogP contribution >= 0.6 is 9.24 Å². The van der Waals surface area contributed by atoms with Crippen LogP contribution in [0.4, 0.5) is 0 Å². The van der Waals surface area contributed by atoms with Gasteiger partial charge in [0, 0.05) is 12.3 Å². The summed E-state index contributed by atoms with van der Waals surface area (Å²) in [6.45, 7) is 1.20. The van der Waals surface area contributed by atoms with Gasteiger partial charge < -0.3 is 5.32 Å². The van der Waals surface area contributed by atoms with Crippen molar-refractivity contribution in [2.45, 2.75) is 5.78 Å². The average molecular weight is 75.1 g/mol. The lowest BCUT2D eigenvalue weighted by Crippen LogP contribution is -1.66. The first-order chi connectivity index (χ1) is 1.89. The molecule has 0 radical (unpaired) electrons. The first kappa shape index (κ1) is 2.62. The smallest absolute Gasteiger partial charge is 0.0337 e. The van der Waals surface area contributed by atoms with Gasteiger partial charge in [-0.2, -0.15) is 0 Å². The van der Waals surface area contributed by atoms with Crippen molar-refractivity contribution in [2.24, 2.45) is 0 Å². The third-order valence-electron chi connectivity index (χ3n) is 0.440. The highest BCUT2D eigenvalue weighted by Gasteiger charge is 2.10. The Kier molecular flexibility index (Phi) is 0.436. The fourth-order valence-electron chi connectivity index (χ4n) is 0.0680. The van der Waals surface area contributed by atoms with Crippen LogP contribution in [-0.4, -0.2) is 12.3 Å². The molecule has 1 saturated heterocycles. The lowest BCUT2D eigenvalue weighted by atomic mass is 11.0. The van der Waals surface area contributed by atoms with E-state index in [9.17, 15) is 0 Å². The van der Waals surface area contributed by atoms with Crippen molar-refractivity contribution in [3.8, 4) is 0 Å². The Morgan fingerprint density at radius 3 is 2.25 bits per heavy atom. The molecule has 1 rings (SSSR count). The molecule has 24 valence electrons. The summed E-state index contributed by atoms with van der Waals surface area (Å²) in [7, 11) is 2.66. The first-order valence-corrected chi connectivity index (χ1v) is 2.05. The summed E-state index contributed by atoms with van der Waals surface area (Å²) in [5.74, 6) is 0.750. The molecule has 1 aliphatic rings. The molecule has 2 heteroatoms. The van der Waals surface area contributed by atoms with Crippen LogP contribution in [0.25, 0.3) is 0 Å². The molecule has 0 aromatic heterocycles. The lowest BCUT2D eigenvalue weighted by Gasteiger charge is -1.53. The van der Waals surface area contributed by atoms with E-state index in [0.717, 1.165) is 5.78 Å². The first-order valence-electron chi connectivity index (χ1n) is 1.38. The Morgan fingerprint density at radius 2 is 2.25 bits per heavy atom. The third kappa shape index (κ3) is 0.402. The molecule has 0 bridgehead atoms. The van der Waals surface area contributed by atoms with Gasteiger partial charge in [0.1, 0.15) is 0 Å². The van der Waals surface area contributed by atoms with Crippen LogP contribution in [0.2, 0.25) is 0 Å². The zero-order valence-corrected chi connectivity index (χ0v) is 3.52. The molecule has 0 spiro atoms. The maximum atomic E-state index is 3.06. The van der Waals surface area contributed by atoms with Gasteiger partial charge in [-0.25, -0.2) is 0 Å². The van der Waals surface area contributed by atoms with Crippen LogP contribution < -0.4 is 5.32 Å². The number of nitrogens with one attached hydrogen (secondary N) is 1. The summed E-state index contributed by atoms with van der Waals surface area (Å²) >= 11 is 0. The van der Waals surface area contributed by atoms with Crippen LogP contribution in [0.5, 0.6) is 0 Å². The van der Waals surface area contributed by atoms with E-state index in [-0.39, 0.29) is 0 Å². The topological polar surface area (TPSA) is 21.9 Å². The molecule has 1 heterocycles. The van der Waals surface area contributed by atoms with Crippen LogP contribution in [0.15, 0.2) is 0 Å². The van der Waals surface area contributed by atoms with E-state index in [1.54, 1.807) is 0 Å². The molecule has 2 unspecified atom stereocenters. The quantitative estimate of drug-likeness (QED) is 0.312. The predicted molar refractivity (Wildman–Crippen MR) is 21.5 cm³/mol. The van der Waals surface area contributed by atoms with E-state index in [0.29, 0.717) is 0 Å². The van der Waals surface area contributed by atoms with E-state index in [1.807, 2.05) is 0 Å². The molecule has 1 N–H and O–H groups in total. The van der Waals surface area contributed by atoms with Crippen molar-refractivity contribution in [1.29, 1.82) is 0 Å². The number of hydrogen-bond donors (Lipinski definition) is 1. The summed E-state index contributed by atoms with van der Waals surface area (Å²) < 4.78 is 0. The van der Waals surface area contributed by atoms with Gasteiger partial charge >= 0.3 is 0 Å². The molecule has 1 aliphatic heterocycles. The molecule has 0 aromatic carbocycles. The predicted octanol–water partition coefficient (Wildman–Crippen LogP) is -0.209. The summed E-state index contributed by atoms with van der Waals surface area (Å²) in [5.41, 5.74) is 0. The monoisotopic (exact) mass is 75.0 g/mol. The Balaban J connectivity index is 2.17. The van der Waals surface area contributed by atoms with Gasteiger partial charge in [-0.1, -0.05) is 0 Å². The summed E-state index contributed by atoms with van der Waals surface area (Å²) in [4.78, 5) is 0. The minimum absolute atomic E-state index is 0.750. The summed E-state index contributed by atoms with van der Waals surface area (Å²) in [6.07, 6.45) is 0. The minimum Gasteiger partial charge on any atom is -0.308 e. The molecule has 0 aliphatic carbocycles. The van der Waals surface area contributed by atoms with E-state index >= 15 is 0 Å². The minimum atomic E-state index is 0.750. The highest BCUT2D eigenvalue weighted by Crippen LogP contribution is 2.02. The fraction of sp³-hybridized carbons (Fsp3) is 1.00. The summed E-state index contributed by atoms with van der Waals surface area (Å²) in [5, 5.41) is 3.06. The zero-order valence-electron chi connectivity index (χ0n) is 2.36. The maximum absolute atomic E-state index is 3.06. The average Bonchev–Trinajstić information content (AvgIpc) is 1.75. The Bertz CT molecular complexity index is 25.2. The van der Waals surface area contributed by atoms with Gasteiger partial charge in [0.05, 0.1) is 0 Å². The molecule has 4 heavy (non-hydrogen) atoms. The van der Waals surface area contributed by atoms with E-state index in [2.05, 4.69) is 14.6 Å². The molecular formula is C2H6NP. The van der Waals surface area contributed by atoms with Crippen LogP contribution in [0.3, 0.4) is 0 Å². The molecule has 2 atom stereocenters.